The molecule has 2 aromatic rings. The van der Waals surface area contributed by atoms with Crippen molar-refractivity contribution in [1.29, 1.82) is 0 Å². The van der Waals surface area contributed by atoms with E-state index in [4.69, 9.17) is 0 Å². The minimum Gasteiger partial charge on any atom is -0.353 e. The lowest BCUT2D eigenvalue weighted by Gasteiger charge is -2.43. The number of piperidine rings is 1. The summed E-state index contributed by atoms with van der Waals surface area (Å²) < 4.78 is 24.8. The lowest BCUT2D eigenvalue weighted by Crippen LogP contribution is -2.57. The van der Waals surface area contributed by atoms with E-state index in [9.17, 15) is 22.8 Å². The minimum atomic E-state index is -3.35. The molecule has 1 saturated carbocycles. The third-order valence-corrected chi connectivity index (χ3v) is 9.57. The van der Waals surface area contributed by atoms with E-state index in [1.807, 2.05) is 47.4 Å². The Labute approximate surface area is 248 Å². The first kappa shape index (κ1) is 30.0. The zero-order valence-corrected chi connectivity index (χ0v) is 25.1. The van der Waals surface area contributed by atoms with Gasteiger partial charge in [0.05, 0.1) is 12.9 Å². The Morgan fingerprint density at radius 3 is 2.24 bits per heavy atom. The van der Waals surface area contributed by atoms with E-state index < -0.39 is 15.6 Å². The number of carbonyl (C=O) groups is 3. The van der Waals surface area contributed by atoms with Gasteiger partial charge in [-0.25, -0.2) is 13.1 Å². The summed E-state index contributed by atoms with van der Waals surface area (Å²) in [6.45, 7) is 1.21. The Balaban J connectivity index is 1.24. The molecule has 2 saturated heterocycles. The molecule has 10 nitrogen and oxygen atoms in total. The summed E-state index contributed by atoms with van der Waals surface area (Å²) in [6.07, 6.45) is 8.26. The smallest absolute Gasteiger partial charge is 0.253 e. The van der Waals surface area contributed by atoms with Crippen molar-refractivity contribution in [2.75, 3.05) is 50.5 Å². The Bertz CT molecular complexity index is 1370. The average molecular weight is 596 g/mol. The summed E-state index contributed by atoms with van der Waals surface area (Å²) in [5.41, 5.74) is 2.03. The van der Waals surface area contributed by atoms with Gasteiger partial charge in [0.1, 0.15) is 12.1 Å². The van der Waals surface area contributed by atoms with E-state index in [1.165, 1.54) is 37.7 Å². The number of anilines is 1. The Kier molecular flexibility index (Phi) is 9.17. The molecule has 1 aliphatic carbocycles. The van der Waals surface area contributed by atoms with Gasteiger partial charge in [-0.3, -0.25) is 14.4 Å². The van der Waals surface area contributed by atoms with Crippen LogP contribution in [0.15, 0.2) is 54.6 Å². The van der Waals surface area contributed by atoms with Crippen LogP contribution in [0.25, 0.3) is 0 Å². The van der Waals surface area contributed by atoms with Crippen LogP contribution in [0.3, 0.4) is 0 Å². The van der Waals surface area contributed by atoms with E-state index in [2.05, 4.69) is 27.1 Å². The predicted octanol–water partition coefficient (Wildman–Crippen LogP) is 2.68. The van der Waals surface area contributed by atoms with Crippen LogP contribution in [0.5, 0.6) is 0 Å². The highest BCUT2D eigenvalue weighted by molar-refractivity contribution is 7.88. The van der Waals surface area contributed by atoms with Crippen LogP contribution in [-0.2, 0) is 19.6 Å². The Hall–Kier alpha value is -3.44. The van der Waals surface area contributed by atoms with Gasteiger partial charge >= 0.3 is 0 Å². The van der Waals surface area contributed by atoms with Crippen molar-refractivity contribution in [3.8, 4) is 0 Å². The number of rotatable bonds is 9. The molecule has 3 fully saturated rings. The SMILES string of the molecule is CS(=O)(=O)NCCNC(=O)CN1CN(c2ccccc2)C2(CCN(C(=O)c3ccc(C4CCCCC4)cc3)CC2)C1=O. The molecular formula is C31H41N5O5S. The summed E-state index contributed by atoms with van der Waals surface area (Å²) in [6, 6.07) is 17.8. The minimum absolute atomic E-state index is 0.0179. The van der Waals surface area contributed by atoms with Gasteiger partial charge in [-0.05, 0) is 61.4 Å². The van der Waals surface area contributed by atoms with Crippen molar-refractivity contribution in [3.63, 3.8) is 0 Å². The van der Waals surface area contributed by atoms with Gasteiger partial charge < -0.3 is 20.0 Å². The topological polar surface area (TPSA) is 119 Å². The maximum atomic E-state index is 13.9. The maximum absolute atomic E-state index is 13.9. The van der Waals surface area contributed by atoms with Crippen molar-refractivity contribution < 1.29 is 22.8 Å². The lowest BCUT2D eigenvalue weighted by atomic mass is 9.83. The monoisotopic (exact) mass is 595 g/mol. The van der Waals surface area contributed by atoms with Crippen LogP contribution in [0.4, 0.5) is 5.69 Å². The predicted molar refractivity (Wildman–Crippen MR) is 161 cm³/mol. The number of hydrogen-bond acceptors (Lipinski definition) is 6. The van der Waals surface area contributed by atoms with Gasteiger partial charge in [0.15, 0.2) is 0 Å². The average Bonchev–Trinajstić information content (AvgIpc) is 3.26. The van der Waals surface area contributed by atoms with Gasteiger partial charge in [0.2, 0.25) is 15.9 Å². The fourth-order valence-electron chi connectivity index (χ4n) is 6.59. The molecule has 0 bridgehead atoms. The third kappa shape index (κ3) is 6.78. The van der Waals surface area contributed by atoms with Crippen molar-refractivity contribution in [2.45, 2.75) is 56.4 Å². The quantitative estimate of drug-likeness (QED) is 0.431. The van der Waals surface area contributed by atoms with E-state index in [0.717, 1.165) is 11.9 Å². The third-order valence-electron chi connectivity index (χ3n) is 8.84. The molecule has 3 aliphatic rings. The van der Waals surface area contributed by atoms with Crippen LogP contribution >= 0.6 is 0 Å². The van der Waals surface area contributed by atoms with E-state index in [0.29, 0.717) is 37.4 Å². The number of nitrogens with one attached hydrogen (secondary N) is 2. The molecule has 0 aromatic heterocycles. The van der Waals surface area contributed by atoms with Crippen LogP contribution in [0, 0.1) is 0 Å². The van der Waals surface area contributed by atoms with Gasteiger partial charge in [-0.1, -0.05) is 49.6 Å². The zero-order chi connectivity index (χ0) is 29.7. The summed E-state index contributed by atoms with van der Waals surface area (Å²) in [5.74, 6) is 0.0904. The lowest BCUT2D eigenvalue weighted by molar-refractivity contribution is -0.137. The number of carbonyl (C=O) groups excluding carboxylic acids is 3. The normalized spacial score (nSPS) is 19.4. The van der Waals surface area contributed by atoms with Gasteiger partial charge in [-0.15, -0.1) is 0 Å². The van der Waals surface area contributed by atoms with Gasteiger partial charge in [-0.2, -0.15) is 0 Å². The highest BCUT2D eigenvalue weighted by Crippen LogP contribution is 2.40. The number of likely N-dealkylation sites (tertiary alicyclic amines) is 1. The van der Waals surface area contributed by atoms with Crippen LogP contribution in [0.1, 0.15) is 66.8 Å². The number of hydrogen-bond donors (Lipinski definition) is 2. The van der Waals surface area contributed by atoms with Crippen LogP contribution in [0.2, 0.25) is 0 Å². The molecule has 226 valence electrons. The first-order chi connectivity index (χ1) is 20.2. The second kappa shape index (κ2) is 12.8. The fourth-order valence-corrected chi connectivity index (χ4v) is 7.06. The van der Waals surface area contributed by atoms with Gasteiger partial charge in [0.25, 0.3) is 11.8 Å². The first-order valence-corrected chi connectivity index (χ1v) is 16.8. The molecule has 2 heterocycles. The molecule has 0 atom stereocenters. The standard InChI is InChI=1S/C31H41N5O5S/c1-42(40,41)33-19-18-32-28(37)22-35-23-36(27-10-6-3-7-11-27)31(30(35)39)16-20-34(21-17-31)29(38)26-14-12-25(13-15-26)24-8-4-2-5-9-24/h3,6-7,10-15,24,33H,2,4-5,8-9,16-23H2,1H3,(H,32,37). The maximum Gasteiger partial charge on any atom is 0.253 e. The number of nitrogens with zero attached hydrogens (tertiary/aromatic N) is 3. The number of sulfonamides is 1. The number of amides is 3. The second-order valence-corrected chi connectivity index (χ2v) is 13.5. The highest BCUT2D eigenvalue weighted by Gasteiger charge is 2.54. The van der Waals surface area contributed by atoms with Crippen LogP contribution < -0.4 is 14.9 Å². The van der Waals surface area contributed by atoms with Crippen molar-refractivity contribution in [3.05, 3.63) is 65.7 Å². The zero-order valence-electron chi connectivity index (χ0n) is 24.3. The molecular weight excluding hydrogens is 554 g/mol. The van der Waals surface area contributed by atoms with Crippen molar-refractivity contribution in [2.24, 2.45) is 0 Å². The number of para-hydroxylation sites is 1. The van der Waals surface area contributed by atoms with E-state index >= 15 is 0 Å². The molecule has 5 rings (SSSR count). The van der Waals surface area contributed by atoms with E-state index in [-0.39, 0.29) is 44.0 Å². The van der Waals surface area contributed by atoms with Crippen molar-refractivity contribution in [1.82, 2.24) is 19.8 Å². The Morgan fingerprint density at radius 1 is 0.929 bits per heavy atom. The molecule has 0 unspecified atom stereocenters. The molecule has 2 N–H and O–H groups in total. The van der Waals surface area contributed by atoms with Crippen LogP contribution in [-0.4, -0.2) is 87.1 Å². The van der Waals surface area contributed by atoms with Gasteiger partial charge in [0, 0.05) is 37.4 Å². The molecule has 3 amide bonds. The first-order valence-electron chi connectivity index (χ1n) is 14.9. The number of benzene rings is 2. The Morgan fingerprint density at radius 2 is 1.60 bits per heavy atom. The summed E-state index contributed by atoms with van der Waals surface area (Å²) in [7, 11) is -3.35. The highest BCUT2D eigenvalue weighted by atomic mass is 32.2. The summed E-state index contributed by atoms with van der Waals surface area (Å²) >= 11 is 0. The second-order valence-electron chi connectivity index (χ2n) is 11.7. The molecule has 1 spiro atoms. The fraction of sp³-hybridized carbons (Fsp3) is 0.516. The largest absolute Gasteiger partial charge is 0.353 e. The molecule has 2 aliphatic heterocycles. The molecule has 11 heteroatoms. The molecule has 2 aromatic carbocycles. The van der Waals surface area contributed by atoms with Crippen molar-refractivity contribution >= 4 is 33.4 Å². The molecule has 42 heavy (non-hydrogen) atoms. The summed E-state index contributed by atoms with van der Waals surface area (Å²) in [4.78, 5) is 45.4. The molecule has 0 radical (unpaired) electrons. The van der Waals surface area contributed by atoms with E-state index in [1.54, 1.807) is 4.90 Å². The summed E-state index contributed by atoms with van der Waals surface area (Å²) in [5, 5.41) is 2.68.